The van der Waals surface area contributed by atoms with Crippen LogP contribution in [0.5, 0.6) is 0 Å². The summed E-state index contributed by atoms with van der Waals surface area (Å²) in [5, 5.41) is 2.46. The summed E-state index contributed by atoms with van der Waals surface area (Å²) in [5.41, 5.74) is 3.50. The molecule has 4 nitrogen and oxygen atoms in total. The quantitative estimate of drug-likeness (QED) is 0.547. The molecule has 21 heavy (non-hydrogen) atoms. The van der Waals surface area contributed by atoms with Crippen molar-refractivity contribution in [2.24, 2.45) is 0 Å². The van der Waals surface area contributed by atoms with Crippen molar-refractivity contribution in [3.05, 3.63) is 60.9 Å². The van der Waals surface area contributed by atoms with Gasteiger partial charge >= 0.3 is 0 Å². The normalized spacial score (nSPS) is 10.8. The Balaban J connectivity index is 0.000000131. The molecule has 0 aliphatic heterocycles. The summed E-state index contributed by atoms with van der Waals surface area (Å²) < 4.78 is 0. The van der Waals surface area contributed by atoms with E-state index in [2.05, 4.69) is 39.8 Å². The highest BCUT2D eigenvalue weighted by Crippen LogP contribution is 2.19. The Morgan fingerprint density at radius 2 is 1.62 bits per heavy atom. The van der Waals surface area contributed by atoms with Crippen molar-refractivity contribution in [3.63, 3.8) is 0 Å². The summed E-state index contributed by atoms with van der Waals surface area (Å²) in [5.74, 6) is 0.553. The molecule has 106 valence electrons. The zero-order chi connectivity index (χ0) is 14.7. The lowest BCUT2D eigenvalue weighted by atomic mass is 10.1. The topological polar surface area (TPSA) is 57.4 Å². The van der Waals surface area contributed by atoms with Crippen LogP contribution in [0.15, 0.2) is 55.2 Å². The molecule has 4 aromatic rings. The van der Waals surface area contributed by atoms with Crippen LogP contribution in [0.4, 0.5) is 0 Å². The first kappa shape index (κ1) is 13.4. The molecule has 4 heteroatoms. The minimum Gasteiger partial charge on any atom is -0.360 e. The van der Waals surface area contributed by atoms with Crippen molar-refractivity contribution in [2.75, 3.05) is 0 Å². The second-order valence-electron chi connectivity index (χ2n) is 5.28. The molecular weight excluding hydrogens is 260 g/mol. The third kappa shape index (κ3) is 2.94. The van der Waals surface area contributed by atoms with Gasteiger partial charge in [-0.1, -0.05) is 13.8 Å². The van der Waals surface area contributed by atoms with Crippen molar-refractivity contribution in [1.82, 2.24) is 19.9 Å². The maximum atomic E-state index is 4.05. The molecule has 4 heterocycles. The van der Waals surface area contributed by atoms with E-state index >= 15 is 0 Å². The molecule has 4 rings (SSSR count). The zero-order valence-electron chi connectivity index (χ0n) is 12.2. The van der Waals surface area contributed by atoms with E-state index in [1.807, 2.05) is 43.0 Å². The minimum atomic E-state index is 0.553. The van der Waals surface area contributed by atoms with Crippen LogP contribution in [-0.4, -0.2) is 19.9 Å². The molecule has 0 aliphatic rings. The van der Waals surface area contributed by atoms with Crippen LogP contribution in [0, 0.1) is 0 Å². The number of nitrogens with one attached hydrogen (secondary N) is 2. The van der Waals surface area contributed by atoms with Gasteiger partial charge in [-0.25, -0.2) is 0 Å². The average molecular weight is 278 g/mol. The lowest BCUT2D eigenvalue weighted by Gasteiger charge is -1.97. The summed E-state index contributed by atoms with van der Waals surface area (Å²) in [7, 11) is 0. The number of H-pyrrole nitrogens is 2. The van der Waals surface area contributed by atoms with Crippen molar-refractivity contribution >= 4 is 21.8 Å². The van der Waals surface area contributed by atoms with Crippen molar-refractivity contribution in [3.8, 4) is 0 Å². The lowest BCUT2D eigenvalue weighted by Crippen LogP contribution is -1.84. The van der Waals surface area contributed by atoms with Gasteiger partial charge in [-0.15, -0.1) is 0 Å². The van der Waals surface area contributed by atoms with Crippen molar-refractivity contribution < 1.29 is 0 Å². The van der Waals surface area contributed by atoms with E-state index < -0.39 is 0 Å². The van der Waals surface area contributed by atoms with Crippen LogP contribution in [0.2, 0.25) is 0 Å². The van der Waals surface area contributed by atoms with Gasteiger partial charge in [-0.05, 0) is 30.2 Å². The Morgan fingerprint density at radius 1 is 0.905 bits per heavy atom. The number of fused-ring (bicyclic) bond motifs is 2. The SMILES string of the molecule is CC(C)c1cc2ccncc2[nH]1.c1cc2cc[nH]c2cn1. The van der Waals surface area contributed by atoms with Gasteiger partial charge in [-0.2, -0.15) is 0 Å². The van der Waals surface area contributed by atoms with Crippen LogP contribution in [0.1, 0.15) is 25.5 Å². The molecule has 0 radical (unpaired) electrons. The van der Waals surface area contributed by atoms with E-state index in [0.717, 1.165) is 11.0 Å². The van der Waals surface area contributed by atoms with Crippen LogP contribution in [-0.2, 0) is 0 Å². The van der Waals surface area contributed by atoms with Crippen LogP contribution in [0.3, 0.4) is 0 Å². The second kappa shape index (κ2) is 5.79. The van der Waals surface area contributed by atoms with E-state index in [0.29, 0.717) is 5.92 Å². The van der Waals surface area contributed by atoms with Crippen molar-refractivity contribution in [2.45, 2.75) is 19.8 Å². The molecule has 0 atom stereocenters. The Bertz CT molecular complexity index is 779. The number of rotatable bonds is 1. The highest BCUT2D eigenvalue weighted by atomic mass is 14.8. The van der Waals surface area contributed by atoms with Crippen LogP contribution >= 0.6 is 0 Å². The van der Waals surface area contributed by atoms with Gasteiger partial charge in [0.15, 0.2) is 0 Å². The largest absolute Gasteiger partial charge is 0.360 e. The molecule has 0 spiro atoms. The van der Waals surface area contributed by atoms with Gasteiger partial charge in [0.05, 0.1) is 23.4 Å². The summed E-state index contributed by atoms with van der Waals surface area (Å²) in [6.45, 7) is 4.36. The Morgan fingerprint density at radius 3 is 2.29 bits per heavy atom. The van der Waals surface area contributed by atoms with Gasteiger partial charge in [0, 0.05) is 35.1 Å². The predicted molar refractivity (Wildman–Crippen MR) is 86.3 cm³/mol. The Kier molecular flexibility index (Phi) is 3.69. The van der Waals surface area contributed by atoms with E-state index in [1.165, 1.54) is 16.5 Å². The van der Waals surface area contributed by atoms with E-state index in [1.54, 1.807) is 6.20 Å². The molecule has 0 saturated carbocycles. The molecule has 0 aromatic carbocycles. The average Bonchev–Trinajstić information content (AvgIpc) is 3.14. The molecule has 0 fully saturated rings. The van der Waals surface area contributed by atoms with Crippen LogP contribution < -0.4 is 0 Å². The molecule has 0 aliphatic carbocycles. The van der Waals surface area contributed by atoms with Gasteiger partial charge < -0.3 is 9.97 Å². The smallest absolute Gasteiger partial charge is 0.0642 e. The molecular formula is C17H18N4. The fraction of sp³-hybridized carbons (Fsp3) is 0.176. The van der Waals surface area contributed by atoms with Gasteiger partial charge in [-0.3, -0.25) is 9.97 Å². The maximum absolute atomic E-state index is 4.05. The molecule has 0 amide bonds. The fourth-order valence-electron chi connectivity index (χ4n) is 2.20. The Labute approximate surface area is 123 Å². The first-order chi connectivity index (χ1) is 10.2. The Hall–Kier alpha value is -2.62. The molecule has 2 N–H and O–H groups in total. The standard InChI is InChI=1S/C10H12N2.C7H6N2/c1-7(2)9-5-8-3-4-11-6-10(8)12-9;1-3-8-5-7-6(1)2-4-9-7/h3-7,12H,1-2H3;1-5,9H. The lowest BCUT2D eigenvalue weighted by molar-refractivity contribution is 0.836. The molecule has 0 saturated heterocycles. The predicted octanol–water partition coefficient (Wildman–Crippen LogP) is 4.25. The third-order valence-electron chi connectivity index (χ3n) is 3.42. The summed E-state index contributed by atoms with van der Waals surface area (Å²) in [6, 6.07) is 8.21. The van der Waals surface area contributed by atoms with E-state index in [4.69, 9.17) is 0 Å². The van der Waals surface area contributed by atoms with E-state index in [9.17, 15) is 0 Å². The number of nitrogens with zero attached hydrogens (tertiary/aromatic N) is 2. The zero-order valence-corrected chi connectivity index (χ0v) is 12.2. The molecule has 4 aromatic heterocycles. The fourth-order valence-corrected chi connectivity index (χ4v) is 2.20. The number of aromatic nitrogens is 4. The minimum absolute atomic E-state index is 0.553. The third-order valence-corrected chi connectivity index (χ3v) is 3.42. The van der Waals surface area contributed by atoms with Gasteiger partial charge in [0.25, 0.3) is 0 Å². The number of aromatic amines is 2. The highest BCUT2D eigenvalue weighted by Gasteiger charge is 2.02. The first-order valence-electron chi connectivity index (χ1n) is 7.04. The molecule has 0 unspecified atom stereocenters. The van der Waals surface area contributed by atoms with E-state index in [-0.39, 0.29) is 0 Å². The number of hydrogen-bond acceptors (Lipinski definition) is 2. The maximum Gasteiger partial charge on any atom is 0.0642 e. The van der Waals surface area contributed by atoms with Crippen molar-refractivity contribution in [1.29, 1.82) is 0 Å². The number of pyridine rings is 2. The van der Waals surface area contributed by atoms with Crippen LogP contribution in [0.25, 0.3) is 21.8 Å². The summed E-state index contributed by atoms with van der Waals surface area (Å²) in [4.78, 5) is 14.4. The summed E-state index contributed by atoms with van der Waals surface area (Å²) >= 11 is 0. The second-order valence-corrected chi connectivity index (χ2v) is 5.28. The highest BCUT2D eigenvalue weighted by molar-refractivity contribution is 5.79. The first-order valence-corrected chi connectivity index (χ1v) is 7.04. The monoisotopic (exact) mass is 278 g/mol. The van der Waals surface area contributed by atoms with Gasteiger partial charge in [0.1, 0.15) is 0 Å². The van der Waals surface area contributed by atoms with Gasteiger partial charge in [0.2, 0.25) is 0 Å². The number of hydrogen-bond donors (Lipinski definition) is 2. The molecule has 0 bridgehead atoms. The summed E-state index contributed by atoms with van der Waals surface area (Å²) in [6.07, 6.45) is 9.19.